The van der Waals surface area contributed by atoms with Gasteiger partial charge in [-0.2, -0.15) is 0 Å². The summed E-state index contributed by atoms with van der Waals surface area (Å²) in [5, 5.41) is 3.12. The number of hydrogen-bond donors (Lipinski definition) is 2. The van der Waals surface area contributed by atoms with Gasteiger partial charge < -0.3 is 10.8 Å². The van der Waals surface area contributed by atoms with Crippen molar-refractivity contribution in [2.24, 2.45) is 5.73 Å². The molecular weight excluding hydrogens is 202 g/mol. The van der Waals surface area contributed by atoms with E-state index in [1.54, 1.807) is 0 Å². The second kappa shape index (κ2) is 5.34. The average Bonchev–Trinajstić information content (AvgIpc) is 2.69. The summed E-state index contributed by atoms with van der Waals surface area (Å²) >= 11 is 0. The molecular formula is C12H21N3O. The molecule has 90 valence electrons. The lowest BCUT2D eigenvalue weighted by atomic mass is 9.96. The summed E-state index contributed by atoms with van der Waals surface area (Å²) in [4.78, 5) is 12.1. The molecule has 1 aliphatic carbocycles. The molecule has 4 nitrogen and oxygen atoms in total. The summed E-state index contributed by atoms with van der Waals surface area (Å²) in [6.07, 6.45) is 9.61. The van der Waals surface area contributed by atoms with Crippen molar-refractivity contribution in [3.05, 3.63) is 22.1 Å². The van der Waals surface area contributed by atoms with Gasteiger partial charge in [0.2, 0.25) is 0 Å². The Morgan fingerprint density at radius 3 is 2.81 bits per heavy atom. The van der Waals surface area contributed by atoms with Crippen molar-refractivity contribution in [2.45, 2.75) is 51.0 Å². The maximum Gasteiger partial charge on any atom is 0.269 e. The highest BCUT2D eigenvalue weighted by Crippen LogP contribution is 2.26. The van der Waals surface area contributed by atoms with Gasteiger partial charge >= 0.3 is 0 Å². The molecule has 0 amide bonds. The predicted octanol–water partition coefficient (Wildman–Crippen LogP) is 1.57. The van der Waals surface area contributed by atoms with Crippen LogP contribution in [0.25, 0.3) is 0 Å². The van der Waals surface area contributed by atoms with E-state index in [-0.39, 0.29) is 5.56 Å². The van der Waals surface area contributed by atoms with Crippen molar-refractivity contribution in [3.63, 3.8) is 0 Å². The van der Waals surface area contributed by atoms with Gasteiger partial charge in [-0.05, 0) is 32.2 Å². The van der Waals surface area contributed by atoms with Gasteiger partial charge in [-0.25, -0.2) is 4.68 Å². The van der Waals surface area contributed by atoms with Gasteiger partial charge in [-0.1, -0.05) is 19.3 Å². The van der Waals surface area contributed by atoms with E-state index in [0.717, 1.165) is 31.2 Å². The van der Waals surface area contributed by atoms with Crippen molar-refractivity contribution in [1.82, 2.24) is 9.78 Å². The molecule has 1 aromatic rings. The van der Waals surface area contributed by atoms with Gasteiger partial charge in [0.1, 0.15) is 0 Å². The Hall–Kier alpha value is -1.03. The lowest BCUT2D eigenvalue weighted by Gasteiger charge is -2.21. The van der Waals surface area contributed by atoms with Gasteiger partial charge in [0.25, 0.3) is 5.56 Å². The number of aromatic amines is 1. The van der Waals surface area contributed by atoms with Crippen LogP contribution in [0.15, 0.2) is 11.0 Å². The molecule has 1 saturated carbocycles. The van der Waals surface area contributed by atoms with Crippen molar-refractivity contribution in [2.75, 3.05) is 6.54 Å². The zero-order valence-electron chi connectivity index (χ0n) is 9.74. The number of H-pyrrole nitrogens is 1. The summed E-state index contributed by atoms with van der Waals surface area (Å²) < 4.78 is 1.82. The van der Waals surface area contributed by atoms with E-state index in [1.165, 1.54) is 19.3 Å². The van der Waals surface area contributed by atoms with Crippen molar-refractivity contribution >= 4 is 0 Å². The minimum atomic E-state index is 0.167. The van der Waals surface area contributed by atoms with Gasteiger partial charge in [0.05, 0.1) is 6.04 Å². The first kappa shape index (κ1) is 11.5. The molecule has 1 fully saturated rings. The van der Waals surface area contributed by atoms with Crippen LogP contribution in [0.1, 0.15) is 50.1 Å². The second-order valence-electron chi connectivity index (χ2n) is 4.66. The fraction of sp³-hybridized carbons (Fsp3) is 0.750. The van der Waals surface area contributed by atoms with Crippen LogP contribution in [0.5, 0.6) is 0 Å². The zero-order valence-corrected chi connectivity index (χ0v) is 9.74. The van der Waals surface area contributed by atoms with E-state index in [0.29, 0.717) is 12.6 Å². The highest BCUT2D eigenvalue weighted by atomic mass is 16.1. The minimum Gasteiger partial charge on any atom is -0.330 e. The topological polar surface area (TPSA) is 63.8 Å². The third kappa shape index (κ3) is 2.38. The van der Waals surface area contributed by atoms with E-state index >= 15 is 0 Å². The summed E-state index contributed by atoms with van der Waals surface area (Å²) in [5.41, 5.74) is 6.51. The van der Waals surface area contributed by atoms with Gasteiger partial charge in [0.15, 0.2) is 0 Å². The molecule has 1 aliphatic rings. The molecule has 4 heteroatoms. The summed E-state index contributed by atoms with van der Waals surface area (Å²) in [6, 6.07) is 0.396. The van der Waals surface area contributed by atoms with Crippen LogP contribution in [0.2, 0.25) is 0 Å². The first-order chi connectivity index (χ1) is 7.83. The van der Waals surface area contributed by atoms with Gasteiger partial charge in [-0.3, -0.25) is 4.79 Å². The fourth-order valence-corrected chi connectivity index (χ4v) is 2.50. The van der Waals surface area contributed by atoms with Crippen LogP contribution in [0.3, 0.4) is 0 Å². The second-order valence-corrected chi connectivity index (χ2v) is 4.66. The molecule has 0 atom stereocenters. The normalized spacial score (nSPS) is 17.8. The van der Waals surface area contributed by atoms with Crippen LogP contribution in [-0.4, -0.2) is 16.3 Å². The Bertz CT molecular complexity index is 374. The summed E-state index contributed by atoms with van der Waals surface area (Å²) in [7, 11) is 0. The van der Waals surface area contributed by atoms with Crippen molar-refractivity contribution in [3.8, 4) is 0 Å². The molecule has 0 bridgehead atoms. The average molecular weight is 223 g/mol. The lowest BCUT2D eigenvalue weighted by Crippen LogP contribution is -2.26. The Kier molecular flexibility index (Phi) is 3.83. The molecule has 0 saturated heterocycles. The van der Waals surface area contributed by atoms with E-state index < -0.39 is 0 Å². The third-order valence-electron chi connectivity index (χ3n) is 3.46. The Morgan fingerprint density at radius 2 is 2.12 bits per heavy atom. The number of hydrogen-bond acceptors (Lipinski definition) is 2. The minimum absolute atomic E-state index is 0.167. The SMILES string of the molecule is NCCCc1c[nH]n(C2CCCCC2)c1=O. The lowest BCUT2D eigenvalue weighted by molar-refractivity contribution is 0.323. The molecule has 0 unspecified atom stereocenters. The molecule has 1 heterocycles. The van der Waals surface area contributed by atoms with E-state index in [1.807, 2.05) is 10.9 Å². The van der Waals surface area contributed by atoms with Crippen molar-refractivity contribution < 1.29 is 0 Å². The highest BCUT2D eigenvalue weighted by molar-refractivity contribution is 5.05. The maximum absolute atomic E-state index is 12.1. The zero-order chi connectivity index (χ0) is 11.4. The number of rotatable bonds is 4. The molecule has 1 aromatic heterocycles. The van der Waals surface area contributed by atoms with Crippen LogP contribution in [-0.2, 0) is 6.42 Å². The van der Waals surface area contributed by atoms with Crippen LogP contribution in [0, 0.1) is 0 Å². The third-order valence-corrected chi connectivity index (χ3v) is 3.46. The molecule has 3 N–H and O–H groups in total. The molecule has 0 aromatic carbocycles. The standard InChI is InChI=1S/C12H21N3O/c13-8-4-5-10-9-14-15(12(10)16)11-6-2-1-3-7-11/h9,11,14H,1-8,13H2. The monoisotopic (exact) mass is 223 g/mol. The summed E-state index contributed by atoms with van der Waals surface area (Å²) in [6.45, 7) is 0.647. The van der Waals surface area contributed by atoms with E-state index in [4.69, 9.17) is 5.73 Å². The molecule has 2 rings (SSSR count). The highest BCUT2D eigenvalue weighted by Gasteiger charge is 2.18. The smallest absolute Gasteiger partial charge is 0.269 e. The fourth-order valence-electron chi connectivity index (χ4n) is 2.50. The van der Waals surface area contributed by atoms with E-state index in [9.17, 15) is 4.79 Å². The first-order valence-electron chi connectivity index (χ1n) is 6.32. The van der Waals surface area contributed by atoms with Gasteiger partial charge in [-0.15, -0.1) is 0 Å². The van der Waals surface area contributed by atoms with Crippen molar-refractivity contribution in [1.29, 1.82) is 0 Å². The molecule has 0 spiro atoms. The number of aryl methyl sites for hydroxylation is 1. The van der Waals surface area contributed by atoms with Crippen LogP contribution < -0.4 is 11.3 Å². The van der Waals surface area contributed by atoms with Crippen LogP contribution >= 0.6 is 0 Å². The quantitative estimate of drug-likeness (QED) is 0.814. The molecule has 0 radical (unpaired) electrons. The Labute approximate surface area is 95.8 Å². The van der Waals surface area contributed by atoms with E-state index in [2.05, 4.69) is 5.10 Å². The van der Waals surface area contributed by atoms with Gasteiger partial charge in [0, 0.05) is 11.8 Å². The Morgan fingerprint density at radius 1 is 1.38 bits per heavy atom. The predicted molar refractivity (Wildman–Crippen MR) is 64.6 cm³/mol. The number of nitrogens with zero attached hydrogens (tertiary/aromatic N) is 1. The Balaban J connectivity index is 2.09. The number of aromatic nitrogens is 2. The number of nitrogens with one attached hydrogen (secondary N) is 1. The summed E-state index contributed by atoms with van der Waals surface area (Å²) in [5.74, 6) is 0. The number of nitrogens with two attached hydrogens (primary N) is 1. The largest absolute Gasteiger partial charge is 0.330 e. The molecule has 0 aliphatic heterocycles. The first-order valence-corrected chi connectivity index (χ1v) is 6.32. The molecule has 16 heavy (non-hydrogen) atoms. The maximum atomic E-state index is 12.1. The van der Waals surface area contributed by atoms with Crippen LogP contribution in [0.4, 0.5) is 0 Å².